The molecule has 2 N–H and O–H groups in total. The molecule has 5 heteroatoms. The first-order valence-corrected chi connectivity index (χ1v) is 10.6. The van der Waals surface area contributed by atoms with Crippen LogP contribution in [0.3, 0.4) is 0 Å². The number of hydrogen-bond donors (Lipinski definition) is 2. The van der Waals surface area contributed by atoms with Gasteiger partial charge in [0.2, 0.25) is 0 Å². The Bertz CT molecular complexity index is 419. The molecular weight excluding hydrogens is 344 g/mol. The lowest BCUT2D eigenvalue weighted by Gasteiger charge is -2.21. The molecule has 0 aliphatic heterocycles. The van der Waals surface area contributed by atoms with Gasteiger partial charge in [0, 0.05) is 39.4 Å². The molecule has 0 aliphatic rings. The molecule has 0 radical (unpaired) electrons. The minimum atomic E-state index is -1.75. The van der Waals surface area contributed by atoms with Crippen molar-refractivity contribution in [3.05, 3.63) is 12.2 Å². The van der Waals surface area contributed by atoms with Gasteiger partial charge in [0.25, 0.3) is 0 Å². The molecule has 0 saturated carbocycles. The smallest absolute Gasteiger partial charge is 0.336 e. The molecule has 27 heavy (non-hydrogen) atoms. The molecule has 0 fully saturated rings. The number of carboxylic acids is 1. The summed E-state index contributed by atoms with van der Waals surface area (Å²) in [5, 5.41) is 19.2. The summed E-state index contributed by atoms with van der Waals surface area (Å²) in [6, 6.07) is 0. The Morgan fingerprint density at radius 1 is 0.926 bits per heavy atom. The third-order valence-electron chi connectivity index (χ3n) is 4.88. The number of Topliss-reactive ketones (excluding diaryl/α,β-unsaturated/α-hetero) is 1. The lowest BCUT2D eigenvalue weighted by atomic mass is 9.95. The number of aliphatic carboxylic acids is 1. The van der Waals surface area contributed by atoms with Crippen molar-refractivity contribution < 1.29 is 24.5 Å². The van der Waals surface area contributed by atoms with Gasteiger partial charge in [-0.1, -0.05) is 57.6 Å². The molecule has 0 spiro atoms. The average molecular weight is 385 g/mol. The summed E-state index contributed by atoms with van der Waals surface area (Å²) < 4.78 is 4.85. The first kappa shape index (κ1) is 25.8. The summed E-state index contributed by atoms with van der Waals surface area (Å²) in [6.45, 7) is 2.41. The number of methoxy groups -OCH3 is 1. The van der Waals surface area contributed by atoms with Crippen LogP contribution in [0.4, 0.5) is 0 Å². The van der Waals surface area contributed by atoms with E-state index in [4.69, 9.17) is 9.84 Å². The van der Waals surface area contributed by atoms with E-state index >= 15 is 0 Å². The standard InChI is InChI=1S/C22H40O5/c1-3-4-5-9-12-15-20(23)16-13-10-7-6-8-11-14-17-22(26,21(24)25)18-19-27-2/h11,14,26H,3-10,12-13,15-19H2,1-2H3,(H,24,25)/b14-11+/t22-/m1/s1. The van der Waals surface area contributed by atoms with E-state index in [0.29, 0.717) is 12.2 Å². The predicted octanol–water partition coefficient (Wildman–Crippen LogP) is 5.06. The molecule has 0 aromatic rings. The van der Waals surface area contributed by atoms with Gasteiger partial charge in [0.05, 0.1) is 0 Å². The highest BCUT2D eigenvalue weighted by molar-refractivity contribution is 5.78. The summed E-state index contributed by atoms with van der Waals surface area (Å²) in [5.41, 5.74) is -1.75. The van der Waals surface area contributed by atoms with E-state index in [1.807, 2.05) is 6.08 Å². The van der Waals surface area contributed by atoms with Crippen LogP contribution in [0.5, 0.6) is 0 Å². The molecule has 0 amide bonds. The monoisotopic (exact) mass is 384 g/mol. The lowest BCUT2D eigenvalue weighted by molar-refractivity contribution is -0.160. The Kier molecular flexibility index (Phi) is 16.2. The third kappa shape index (κ3) is 14.5. The Balaban J connectivity index is 3.66. The fourth-order valence-corrected chi connectivity index (χ4v) is 2.95. The second-order valence-electron chi connectivity index (χ2n) is 7.41. The summed E-state index contributed by atoms with van der Waals surface area (Å²) in [4.78, 5) is 22.9. The quantitative estimate of drug-likeness (QED) is 0.240. The Morgan fingerprint density at radius 2 is 1.52 bits per heavy atom. The zero-order valence-corrected chi connectivity index (χ0v) is 17.4. The number of hydrogen-bond acceptors (Lipinski definition) is 4. The highest BCUT2D eigenvalue weighted by atomic mass is 16.5. The van der Waals surface area contributed by atoms with Gasteiger partial charge in [-0.05, 0) is 25.7 Å². The molecule has 0 aromatic heterocycles. The first-order chi connectivity index (χ1) is 13.0. The summed E-state index contributed by atoms with van der Waals surface area (Å²) in [7, 11) is 1.49. The minimum Gasteiger partial charge on any atom is -0.479 e. The SMILES string of the molecule is CCCCCCCC(=O)CCCCCC/C=C/C[C@@](O)(CCOC)C(=O)O. The number of carboxylic acid groups (broad SMARTS) is 1. The number of rotatable bonds is 19. The van der Waals surface area contributed by atoms with Crippen molar-refractivity contribution >= 4 is 11.8 Å². The van der Waals surface area contributed by atoms with Crippen LogP contribution < -0.4 is 0 Å². The number of allylic oxidation sites excluding steroid dienone is 1. The molecule has 0 heterocycles. The summed E-state index contributed by atoms with van der Waals surface area (Å²) in [6.07, 6.45) is 16.2. The summed E-state index contributed by atoms with van der Waals surface area (Å²) in [5.74, 6) is -0.811. The van der Waals surface area contributed by atoms with E-state index in [1.165, 1.54) is 32.8 Å². The molecule has 0 aliphatic carbocycles. The van der Waals surface area contributed by atoms with E-state index in [-0.39, 0.29) is 19.4 Å². The summed E-state index contributed by atoms with van der Waals surface area (Å²) >= 11 is 0. The minimum absolute atomic E-state index is 0.0792. The van der Waals surface area contributed by atoms with Crippen molar-refractivity contribution in [1.82, 2.24) is 0 Å². The van der Waals surface area contributed by atoms with Crippen molar-refractivity contribution in [2.75, 3.05) is 13.7 Å². The Hall–Kier alpha value is -1.20. The van der Waals surface area contributed by atoms with Gasteiger partial charge in [0.15, 0.2) is 5.60 Å². The second kappa shape index (κ2) is 16.9. The number of carbonyl (C=O) groups is 2. The molecule has 0 bridgehead atoms. The number of unbranched alkanes of at least 4 members (excludes halogenated alkanes) is 8. The second-order valence-corrected chi connectivity index (χ2v) is 7.41. The maximum atomic E-state index is 11.8. The van der Waals surface area contributed by atoms with Crippen LogP contribution in [0, 0.1) is 0 Å². The largest absolute Gasteiger partial charge is 0.479 e. The van der Waals surface area contributed by atoms with Gasteiger partial charge in [-0.2, -0.15) is 0 Å². The highest BCUT2D eigenvalue weighted by Gasteiger charge is 2.34. The van der Waals surface area contributed by atoms with Gasteiger partial charge < -0.3 is 14.9 Å². The molecule has 0 rings (SSSR count). The van der Waals surface area contributed by atoms with Crippen molar-refractivity contribution in [2.24, 2.45) is 0 Å². The van der Waals surface area contributed by atoms with E-state index in [0.717, 1.165) is 44.9 Å². The molecule has 1 atom stereocenters. The lowest BCUT2D eigenvalue weighted by Crippen LogP contribution is -2.39. The fraction of sp³-hybridized carbons (Fsp3) is 0.818. The van der Waals surface area contributed by atoms with Crippen LogP contribution in [0.25, 0.3) is 0 Å². The van der Waals surface area contributed by atoms with Crippen molar-refractivity contribution in [3.63, 3.8) is 0 Å². The average Bonchev–Trinajstić information content (AvgIpc) is 2.64. The van der Waals surface area contributed by atoms with E-state index < -0.39 is 11.6 Å². The Morgan fingerprint density at radius 3 is 2.07 bits per heavy atom. The molecule has 5 nitrogen and oxygen atoms in total. The molecule has 0 aromatic carbocycles. The van der Waals surface area contributed by atoms with Crippen LogP contribution in [0.2, 0.25) is 0 Å². The van der Waals surface area contributed by atoms with Crippen LogP contribution in [0.1, 0.15) is 96.8 Å². The van der Waals surface area contributed by atoms with E-state index in [9.17, 15) is 14.7 Å². The zero-order valence-electron chi connectivity index (χ0n) is 17.4. The number of carbonyl (C=O) groups excluding carboxylic acids is 1. The van der Waals surface area contributed by atoms with Crippen LogP contribution in [-0.2, 0) is 14.3 Å². The van der Waals surface area contributed by atoms with Crippen molar-refractivity contribution in [3.8, 4) is 0 Å². The highest BCUT2D eigenvalue weighted by Crippen LogP contribution is 2.17. The zero-order chi connectivity index (χ0) is 20.4. The van der Waals surface area contributed by atoms with Crippen LogP contribution in [-0.4, -0.2) is 41.3 Å². The maximum absolute atomic E-state index is 11.8. The van der Waals surface area contributed by atoms with Gasteiger partial charge in [0.1, 0.15) is 5.78 Å². The number of aliphatic hydroxyl groups is 1. The van der Waals surface area contributed by atoms with Crippen LogP contribution in [0.15, 0.2) is 12.2 Å². The topological polar surface area (TPSA) is 83.8 Å². The fourth-order valence-electron chi connectivity index (χ4n) is 2.95. The first-order valence-electron chi connectivity index (χ1n) is 10.6. The number of ketones is 1. The Labute approximate surface area is 165 Å². The van der Waals surface area contributed by atoms with E-state index in [2.05, 4.69) is 6.92 Å². The molecule has 0 saturated heterocycles. The normalized spacial score (nSPS) is 13.7. The van der Waals surface area contributed by atoms with Gasteiger partial charge in [-0.3, -0.25) is 4.79 Å². The van der Waals surface area contributed by atoms with Gasteiger partial charge in [-0.15, -0.1) is 0 Å². The maximum Gasteiger partial charge on any atom is 0.336 e. The third-order valence-corrected chi connectivity index (χ3v) is 4.88. The van der Waals surface area contributed by atoms with Crippen molar-refractivity contribution in [2.45, 2.75) is 102 Å². The molecule has 0 unspecified atom stereocenters. The van der Waals surface area contributed by atoms with Gasteiger partial charge >= 0.3 is 5.97 Å². The predicted molar refractivity (Wildman–Crippen MR) is 109 cm³/mol. The molecule has 158 valence electrons. The van der Waals surface area contributed by atoms with Crippen molar-refractivity contribution in [1.29, 1.82) is 0 Å². The van der Waals surface area contributed by atoms with E-state index in [1.54, 1.807) is 6.08 Å². The number of ether oxygens (including phenoxy) is 1. The van der Waals surface area contributed by atoms with Crippen LogP contribution >= 0.6 is 0 Å². The molecular formula is C22H40O5. The van der Waals surface area contributed by atoms with Gasteiger partial charge in [-0.25, -0.2) is 4.79 Å².